The molecule has 0 saturated carbocycles. The van der Waals surface area contributed by atoms with E-state index >= 15 is 0 Å². The number of hydrogen-bond acceptors (Lipinski definition) is 3. The number of aromatic carboxylic acids is 1. The Morgan fingerprint density at radius 3 is 2.74 bits per heavy atom. The molecule has 0 aromatic carbocycles. The molecule has 1 aromatic rings. The number of ether oxygens (including phenoxy) is 1. The van der Waals surface area contributed by atoms with Gasteiger partial charge in [0, 0.05) is 24.9 Å². The molecule has 0 unspecified atom stereocenters. The molecule has 19 heavy (non-hydrogen) atoms. The van der Waals surface area contributed by atoms with Gasteiger partial charge in [0.05, 0.1) is 5.69 Å². The lowest BCUT2D eigenvalue weighted by molar-refractivity contribution is 0.0692. The van der Waals surface area contributed by atoms with Gasteiger partial charge in [0.2, 0.25) is 0 Å². The van der Waals surface area contributed by atoms with Gasteiger partial charge in [-0.3, -0.25) is 0 Å². The maximum atomic E-state index is 11.8. The summed E-state index contributed by atoms with van der Waals surface area (Å²) in [6, 6.07) is 1.27. The fourth-order valence-electron chi connectivity index (χ4n) is 2.04. The van der Waals surface area contributed by atoms with Gasteiger partial charge < -0.3 is 25.5 Å². The van der Waals surface area contributed by atoms with Crippen LogP contribution in [-0.2, 0) is 4.74 Å². The minimum absolute atomic E-state index is 0.0142. The van der Waals surface area contributed by atoms with Crippen LogP contribution in [-0.4, -0.2) is 41.3 Å². The number of carbonyl (C=O) groups is 2. The molecule has 0 spiro atoms. The lowest BCUT2D eigenvalue weighted by Crippen LogP contribution is -2.41. The Labute approximate surface area is 110 Å². The molecular formula is C12H17N3O4. The highest BCUT2D eigenvalue weighted by atomic mass is 16.5. The lowest BCUT2D eigenvalue weighted by Gasteiger charge is -2.23. The smallest absolute Gasteiger partial charge is 0.354 e. The first-order valence-corrected chi connectivity index (χ1v) is 6.14. The molecule has 1 aromatic heterocycles. The number of carboxylic acids is 1. The van der Waals surface area contributed by atoms with E-state index in [0.29, 0.717) is 18.9 Å². The summed E-state index contributed by atoms with van der Waals surface area (Å²) in [7, 11) is 0. The van der Waals surface area contributed by atoms with Crippen LogP contribution in [0.2, 0.25) is 0 Å². The summed E-state index contributed by atoms with van der Waals surface area (Å²) in [6.07, 6.45) is 1.54. The van der Waals surface area contributed by atoms with E-state index in [1.165, 1.54) is 0 Å². The van der Waals surface area contributed by atoms with Gasteiger partial charge in [-0.05, 0) is 25.8 Å². The zero-order chi connectivity index (χ0) is 13.8. The van der Waals surface area contributed by atoms with Crippen molar-refractivity contribution in [1.82, 2.24) is 10.3 Å². The van der Waals surface area contributed by atoms with Crippen LogP contribution in [0.1, 0.15) is 29.0 Å². The van der Waals surface area contributed by atoms with Crippen molar-refractivity contribution in [2.75, 3.05) is 18.5 Å². The Hall–Kier alpha value is -2.02. The average molecular weight is 267 g/mol. The highest BCUT2D eigenvalue weighted by Crippen LogP contribution is 2.17. The molecule has 2 rings (SSSR count). The number of nitrogens with one attached hydrogen (secondary N) is 3. The summed E-state index contributed by atoms with van der Waals surface area (Å²) in [4.78, 5) is 25.5. The molecule has 7 nitrogen and oxygen atoms in total. The Morgan fingerprint density at radius 2 is 2.11 bits per heavy atom. The highest BCUT2D eigenvalue weighted by Gasteiger charge is 2.19. The zero-order valence-corrected chi connectivity index (χ0v) is 10.7. The maximum Gasteiger partial charge on any atom is 0.354 e. The Balaban J connectivity index is 1.96. The van der Waals surface area contributed by atoms with Crippen molar-refractivity contribution < 1.29 is 19.4 Å². The number of carbonyl (C=O) groups excluding carboxylic acids is 1. The van der Waals surface area contributed by atoms with Crippen LogP contribution in [0, 0.1) is 6.92 Å². The minimum atomic E-state index is -1.10. The number of amides is 2. The summed E-state index contributed by atoms with van der Waals surface area (Å²) < 4.78 is 5.20. The van der Waals surface area contributed by atoms with Gasteiger partial charge in [0.25, 0.3) is 0 Å². The molecule has 0 atom stereocenters. The van der Waals surface area contributed by atoms with Crippen LogP contribution in [0.15, 0.2) is 6.07 Å². The van der Waals surface area contributed by atoms with Crippen molar-refractivity contribution in [3.63, 3.8) is 0 Å². The SMILES string of the molecule is Cc1cc(NC(=O)NC2CCOCC2)c(C(=O)O)[nH]1. The van der Waals surface area contributed by atoms with Gasteiger partial charge in [-0.15, -0.1) is 0 Å². The highest BCUT2D eigenvalue weighted by molar-refractivity contribution is 5.99. The molecule has 1 fully saturated rings. The lowest BCUT2D eigenvalue weighted by atomic mass is 10.1. The quantitative estimate of drug-likeness (QED) is 0.663. The Bertz CT molecular complexity index is 477. The van der Waals surface area contributed by atoms with Crippen LogP contribution in [0.25, 0.3) is 0 Å². The third-order valence-corrected chi connectivity index (χ3v) is 2.97. The normalized spacial score (nSPS) is 16.1. The fraction of sp³-hybridized carbons (Fsp3) is 0.500. The molecule has 2 heterocycles. The van der Waals surface area contributed by atoms with Crippen LogP contribution < -0.4 is 10.6 Å². The van der Waals surface area contributed by atoms with Crippen LogP contribution in [0.4, 0.5) is 10.5 Å². The van der Waals surface area contributed by atoms with Crippen LogP contribution in [0.3, 0.4) is 0 Å². The van der Waals surface area contributed by atoms with Crippen molar-refractivity contribution in [1.29, 1.82) is 0 Å². The second-order valence-corrected chi connectivity index (χ2v) is 4.53. The number of anilines is 1. The fourth-order valence-corrected chi connectivity index (χ4v) is 2.04. The number of urea groups is 1. The van der Waals surface area contributed by atoms with E-state index < -0.39 is 12.0 Å². The maximum absolute atomic E-state index is 11.8. The first kappa shape index (κ1) is 13.4. The first-order chi connectivity index (χ1) is 9.06. The van der Waals surface area contributed by atoms with Crippen molar-refractivity contribution in [2.24, 2.45) is 0 Å². The summed E-state index contributed by atoms with van der Waals surface area (Å²) in [5.74, 6) is -1.10. The number of rotatable bonds is 3. The molecule has 0 aliphatic carbocycles. The van der Waals surface area contributed by atoms with E-state index in [9.17, 15) is 9.59 Å². The van der Waals surface area contributed by atoms with Gasteiger partial charge >= 0.3 is 12.0 Å². The van der Waals surface area contributed by atoms with Gasteiger partial charge in [0.1, 0.15) is 5.69 Å². The molecule has 7 heteroatoms. The predicted octanol–water partition coefficient (Wildman–Crippen LogP) is 1.32. The summed E-state index contributed by atoms with van der Waals surface area (Å²) in [5.41, 5.74) is 0.938. The van der Waals surface area contributed by atoms with Crippen LogP contribution in [0.5, 0.6) is 0 Å². The molecule has 1 aliphatic rings. The predicted molar refractivity (Wildman–Crippen MR) is 68.5 cm³/mol. The van der Waals surface area contributed by atoms with E-state index in [4.69, 9.17) is 9.84 Å². The molecule has 104 valence electrons. The van der Waals surface area contributed by atoms with E-state index in [1.54, 1.807) is 13.0 Å². The number of hydrogen-bond donors (Lipinski definition) is 4. The molecule has 0 radical (unpaired) electrons. The van der Waals surface area contributed by atoms with E-state index in [-0.39, 0.29) is 17.4 Å². The van der Waals surface area contributed by atoms with E-state index in [2.05, 4.69) is 15.6 Å². The van der Waals surface area contributed by atoms with Gasteiger partial charge in [-0.25, -0.2) is 9.59 Å². The van der Waals surface area contributed by atoms with Crippen molar-refractivity contribution in [2.45, 2.75) is 25.8 Å². The zero-order valence-electron chi connectivity index (χ0n) is 10.7. The summed E-state index contributed by atoms with van der Waals surface area (Å²) in [6.45, 7) is 3.00. The molecule has 4 N–H and O–H groups in total. The van der Waals surface area contributed by atoms with E-state index in [0.717, 1.165) is 12.8 Å². The number of carboxylic acid groups (broad SMARTS) is 1. The Kier molecular flexibility index (Phi) is 4.06. The number of H-pyrrole nitrogens is 1. The van der Waals surface area contributed by atoms with Crippen molar-refractivity contribution in [3.8, 4) is 0 Å². The third-order valence-electron chi connectivity index (χ3n) is 2.97. The number of aromatic nitrogens is 1. The monoisotopic (exact) mass is 267 g/mol. The molecule has 1 aliphatic heterocycles. The second-order valence-electron chi connectivity index (χ2n) is 4.53. The molecule has 1 saturated heterocycles. The van der Waals surface area contributed by atoms with Crippen LogP contribution >= 0.6 is 0 Å². The number of aryl methyl sites for hydroxylation is 1. The third kappa shape index (κ3) is 3.47. The van der Waals surface area contributed by atoms with Crippen molar-refractivity contribution >= 4 is 17.7 Å². The summed E-state index contributed by atoms with van der Waals surface area (Å²) >= 11 is 0. The van der Waals surface area contributed by atoms with Gasteiger partial charge in [0.15, 0.2) is 0 Å². The first-order valence-electron chi connectivity index (χ1n) is 6.14. The van der Waals surface area contributed by atoms with Crippen molar-refractivity contribution in [3.05, 3.63) is 17.5 Å². The Morgan fingerprint density at radius 1 is 1.42 bits per heavy atom. The van der Waals surface area contributed by atoms with Gasteiger partial charge in [-0.2, -0.15) is 0 Å². The summed E-state index contributed by atoms with van der Waals surface area (Å²) in [5, 5.41) is 14.4. The molecular weight excluding hydrogens is 250 g/mol. The largest absolute Gasteiger partial charge is 0.477 e. The minimum Gasteiger partial charge on any atom is -0.477 e. The number of aromatic amines is 1. The molecule has 0 bridgehead atoms. The second kappa shape index (κ2) is 5.75. The van der Waals surface area contributed by atoms with E-state index in [1.807, 2.05) is 0 Å². The molecule has 2 amide bonds. The topological polar surface area (TPSA) is 103 Å². The standard InChI is InChI=1S/C12H17N3O4/c1-7-6-9(10(13-7)11(16)17)15-12(18)14-8-2-4-19-5-3-8/h6,8,13H,2-5H2,1H3,(H,16,17)(H2,14,15,18). The van der Waals surface area contributed by atoms with Gasteiger partial charge in [-0.1, -0.05) is 0 Å². The average Bonchev–Trinajstić information content (AvgIpc) is 2.71.